The highest BCUT2D eigenvalue weighted by molar-refractivity contribution is 6.09. The van der Waals surface area contributed by atoms with E-state index in [1.807, 2.05) is 0 Å². The average molecular weight is 510 g/mol. The third-order valence-electron chi connectivity index (χ3n) is 5.39. The molecule has 0 radical (unpaired) electrons. The molecule has 37 heavy (non-hydrogen) atoms. The maximum absolute atomic E-state index is 12.9. The smallest absolute Gasteiger partial charge is 0.416 e. The van der Waals surface area contributed by atoms with Gasteiger partial charge in [0.05, 0.1) is 24.9 Å². The number of ether oxygens (including phenoxy) is 1. The Morgan fingerprint density at radius 2 is 1.65 bits per heavy atom. The number of amidine groups is 1. The van der Waals surface area contributed by atoms with Crippen molar-refractivity contribution >= 4 is 11.5 Å². The number of alkyl halides is 3. The molecule has 3 N–H and O–H groups in total. The van der Waals surface area contributed by atoms with Gasteiger partial charge in [-0.05, 0) is 54.1 Å². The minimum Gasteiger partial charge on any atom is -0.497 e. The van der Waals surface area contributed by atoms with Crippen molar-refractivity contribution in [3.8, 4) is 17.3 Å². The number of nitrogens with one attached hydrogen (secondary N) is 2. The van der Waals surface area contributed by atoms with Crippen molar-refractivity contribution in [2.45, 2.75) is 12.7 Å². The summed E-state index contributed by atoms with van der Waals surface area (Å²) in [5.74, 6) is -0.244. The Morgan fingerprint density at radius 1 is 1.00 bits per heavy atom. The third-order valence-corrected chi connectivity index (χ3v) is 5.39. The number of methoxy groups -OCH3 is 1. The van der Waals surface area contributed by atoms with Gasteiger partial charge in [-0.25, -0.2) is 9.36 Å². The molecule has 0 aliphatic heterocycles. The summed E-state index contributed by atoms with van der Waals surface area (Å²) in [5.41, 5.74) is -1.70. The Morgan fingerprint density at radius 3 is 2.24 bits per heavy atom. The number of nitrogens with zero attached hydrogens (tertiary/aromatic N) is 2. The summed E-state index contributed by atoms with van der Waals surface area (Å²) in [6.07, 6.45) is -4.48. The number of hydrogen-bond acceptors (Lipinski definition) is 5. The standard InChI is InChI=1S/C26H21F3N4O4/c1-37-20-13-11-19(12-14-20)33-24(35)21(23(34)32-25(33)36)22(31-18-5-3-2-4-6-18)30-15-16-7-9-17(10-8-16)26(27,28)29/h2-14,35H,15H2,1H3,(H,30,31)(H,32,34,36). The van der Waals surface area contributed by atoms with Crippen LogP contribution in [0.3, 0.4) is 0 Å². The van der Waals surface area contributed by atoms with E-state index in [-0.39, 0.29) is 23.6 Å². The van der Waals surface area contributed by atoms with Gasteiger partial charge in [0.15, 0.2) is 0 Å². The molecule has 8 nitrogen and oxygen atoms in total. The zero-order valence-corrected chi connectivity index (χ0v) is 19.4. The van der Waals surface area contributed by atoms with Crippen molar-refractivity contribution in [2.24, 2.45) is 4.99 Å². The van der Waals surface area contributed by atoms with Gasteiger partial charge in [0.25, 0.3) is 5.56 Å². The maximum atomic E-state index is 12.9. The van der Waals surface area contributed by atoms with Crippen molar-refractivity contribution in [1.82, 2.24) is 9.55 Å². The van der Waals surface area contributed by atoms with E-state index < -0.39 is 28.9 Å². The summed E-state index contributed by atoms with van der Waals surface area (Å²) in [7, 11) is 1.48. The quantitative estimate of drug-likeness (QED) is 0.265. The van der Waals surface area contributed by atoms with E-state index >= 15 is 0 Å². The van der Waals surface area contributed by atoms with Crippen LogP contribution >= 0.6 is 0 Å². The van der Waals surface area contributed by atoms with Crippen LogP contribution in [0.15, 0.2) is 93.4 Å². The molecule has 1 heterocycles. The van der Waals surface area contributed by atoms with Crippen LogP contribution in [0.4, 0.5) is 18.9 Å². The van der Waals surface area contributed by atoms with E-state index in [9.17, 15) is 27.9 Å². The van der Waals surface area contributed by atoms with Gasteiger partial charge in [-0.1, -0.05) is 30.3 Å². The number of para-hydroxylation sites is 1. The van der Waals surface area contributed by atoms with E-state index in [0.29, 0.717) is 17.0 Å². The molecule has 0 amide bonds. The van der Waals surface area contributed by atoms with Crippen LogP contribution in [-0.4, -0.2) is 27.6 Å². The van der Waals surface area contributed by atoms with Gasteiger partial charge < -0.3 is 15.2 Å². The molecule has 0 saturated heterocycles. The predicted octanol–water partition coefficient (Wildman–Crippen LogP) is 4.32. The Balaban J connectivity index is 1.80. The Hall–Kier alpha value is -4.80. The lowest BCUT2D eigenvalue weighted by atomic mass is 10.1. The molecule has 4 rings (SSSR count). The first-order valence-electron chi connectivity index (χ1n) is 10.9. The lowest BCUT2D eigenvalue weighted by molar-refractivity contribution is -0.137. The summed E-state index contributed by atoms with van der Waals surface area (Å²) < 4.78 is 44.7. The minimum atomic E-state index is -4.48. The highest BCUT2D eigenvalue weighted by atomic mass is 19.4. The molecule has 0 spiro atoms. The van der Waals surface area contributed by atoms with Gasteiger partial charge in [-0.2, -0.15) is 13.2 Å². The van der Waals surface area contributed by atoms with Gasteiger partial charge in [-0.15, -0.1) is 0 Å². The molecule has 0 aliphatic rings. The van der Waals surface area contributed by atoms with Crippen LogP contribution in [0.1, 0.15) is 16.7 Å². The molecule has 0 atom stereocenters. The van der Waals surface area contributed by atoms with E-state index in [4.69, 9.17) is 4.74 Å². The number of aromatic nitrogens is 2. The van der Waals surface area contributed by atoms with Gasteiger partial charge >= 0.3 is 11.9 Å². The van der Waals surface area contributed by atoms with Crippen molar-refractivity contribution in [3.05, 3.63) is 116 Å². The van der Waals surface area contributed by atoms with Gasteiger partial charge in [-0.3, -0.25) is 14.8 Å². The fourth-order valence-electron chi connectivity index (χ4n) is 3.52. The van der Waals surface area contributed by atoms with Crippen molar-refractivity contribution in [2.75, 3.05) is 12.4 Å². The van der Waals surface area contributed by atoms with Gasteiger partial charge in [0.2, 0.25) is 5.88 Å². The number of anilines is 1. The van der Waals surface area contributed by atoms with E-state index in [1.165, 1.54) is 31.4 Å². The van der Waals surface area contributed by atoms with Crippen molar-refractivity contribution in [1.29, 1.82) is 0 Å². The molecular weight excluding hydrogens is 489 g/mol. The fraction of sp³-hybridized carbons (Fsp3) is 0.115. The monoisotopic (exact) mass is 510 g/mol. The number of H-pyrrole nitrogens is 1. The summed E-state index contributed by atoms with van der Waals surface area (Å²) in [6.45, 7) is -0.117. The summed E-state index contributed by atoms with van der Waals surface area (Å²) in [4.78, 5) is 32.0. The van der Waals surface area contributed by atoms with Crippen molar-refractivity contribution in [3.63, 3.8) is 0 Å². The molecule has 0 bridgehead atoms. The molecular formula is C26H21F3N4O4. The van der Waals surface area contributed by atoms with E-state index in [0.717, 1.165) is 16.7 Å². The second-order valence-corrected chi connectivity index (χ2v) is 7.84. The molecule has 190 valence electrons. The molecule has 3 aromatic carbocycles. The molecule has 1 aromatic heterocycles. The first-order valence-corrected chi connectivity index (χ1v) is 10.9. The summed E-state index contributed by atoms with van der Waals surface area (Å²) in [5, 5.41) is 14.0. The molecule has 0 saturated carbocycles. The highest BCUT2D eigenvalue weighted by Gasteiger charge is 2.30. The zero-order chi connectivity index (χ0) is 26.6. The summed E-state index contributed by atoms with van der Waals surface area (Å²) >= 11 is 0. The molecule has 11 heteroatoms. The van der Waals surface area contributed by atoms with Crippen LogP contribution in [0.25, 0.3) is 5.69 Å². The van der Waals surface area contributed by atoms with Gasteiger partial charge in [0.1, 0.15) is 17.1 Å². The molecule has 4 aromatic rings. The first kappa shape index (κ1) is 25.3. The Labute approximate surface area is 208 Å². The number of halogens is 3. The number of hydrogen-bond donors (Lipinski definition) is 3. The van der Waals surface area contributed by atoms with E-state index in [1.54, 1.807) is 42.5 Å². The number of aromatic hydroxyl groups is 1. The molecule has 0 unspecified atom stereocenters. The molecule has 0 aliphatic carbocycles. The Kier molecular flexibility index (Phi) is 7.14. The number of aromatic amines is 1. The number of aliphatic imine (C=N–C) groups is 1. The zero-order valence-electron chi connectivity index (χ0n) is 19.4. The van der Waals surface area contributed by atoms with Crippen LogP contribution in [0, 0.1) is 0 Å². The number of benzene rings is 3. The second kappa shape index (κ2) is 10.4. The fourth-order valence-corrected chi connectivity index (χ4v) is 3.52. The topological polar surface area (TPSA) is 109 Å². The minimum absolute atomic E-state index is 0.0906. The first-order chi connectivity index (χ1) is 17.7. The summed E-state index contributed by atoms with van der Waals surface area (Å²) in [6, 6.07) is 19.2. The lowest BCUT2D eigenvalue weighted by Crippen LogP contribution is -2.35. The average Bonchev–Trinajstić information content (AvgIpc) is 2.87. The van der Waals surface area contributed by atoms with Gasteiger partial charge in [0, 0.05) is 5.69 Å². The Bertz CT molecular complexity index is 1530. The second-order valence-electron chi connectivity index (χ2n) is 7.84. The lowest BCUT2D eigenvalue weighted by Gasteiger charge is -2.15. The third kappa shape index (κ3) is 5.72. The van der Waals surface area contributed by atoms with Crippen LogP contribution in [0.5, 0.6) is 11.6 Å². The van der Waals surface area contributed by atoms with Crippen molar-refractivity contribution < 1.29 is 23.0 Å². The van der Waals surface area contributed by atoms with Crippen LogP contribution < -0.4 is 21.3 Å². The maximum Gasteiger partial charge on any atom is 0.416 e. The predicted molar refractivity (Wildman–Crippen MR) is 133 cm³/mol. The molecule has 0 fully saturated rings. The SMILES string of the molecule is COc1ccc(-n2c(O)c(C(=NCc3ccc(C(F)(F)F)cc3)Nc3ccccc3)c(=O)[nH]c2=O)cc1. The van der Waals surface area contributed by atoms with E-state index in [2.05, 4.69) is 15.3 Å². The largest absolute Gasteiger partial charge is 0.497 e. The van der Waals surface area contributed by atoms with Crippen LogP contribution in [0.2, 0.25) is 0 Å². The highest BCUT2D eigenvalue weighted by Crippen LogP contribution is 2.29. The van der Waals surface area contributed by atoms with Crippen LogP contribution in [-0.2, 0) is 12.7 Å². The number of rotatable bonds is 6. The normalized spacial score (nSPS) is 11.8.